The number of methoxy groups -OCH3 is 1. The molecule has 0 bridgehead atoms. The number of hydrogen-bond acceptors (Lipinski definition) is 2. The minimum absolute atomic E-state index is 0.215. The molecular formula is C13H13FO2. The number of hydrogen-bond donors (Lipinski definition) is 0. The van der Waals surface area contributed by atoms with Gasteiger partial charge < -0.3 is 4.74 Å². The van der Waals surface area contributed by atoms with Gasteiger partial charge in [-0.05, 0) is 18.1 Å². The lowest BCUT2D eigenvalue weighted by molar-refractivity contribution is -0.118. The number of benzene rings is 1. The number of carbonyl (C=O) groups excluding carboxylic acids is 1. The minimum Gasteiger partial charge on any atom is -0.494 e. The van der Waals surface area contributed by atoms with Crippen molar-refractivity contribution in [3.05, 3.63) is 35.7 Å². The SMILES string of the molecule is COc1cccc(C2=CCC(=O)CC2)c1F. The molecule has 0 atom stereocenters. The number of Topliss-reactive ketones (excluding diaryl/α,β-unsaturated/α-hetero) is 1. The van der Waals surface area contributed by atoms with Crippen LogP contribution in [0.25, 0.3) is 5.57 Å². The molecule has 2 nitrogen and oxygen atoms in total. The fourth-order valence-corrected chi connectivity index (χ4v) is 1.88. The van der Waals surface area contributed by atoms with Crippen molar-refractivity contribution in [1.82, 2.24) is 0 Å². The molecule has 0 aliphatic heterocycles. The molecule has 0 saturated heterocycles. The summed E-state index contributed by atoms with van der Waals surface area (Å²) in [5, 5.41) is 0. The second-order valence-electron chi connectivity index (χ2n) is 3.79. The maximum absolute atomic E-state index is 13.9. The maximum Gasteiger partial charge on any atom is 0.172 e. The molecule has 0 radical (unpaired) electrons. The summed E-state index contributed by atoms with van der Waals surface area (Å²) in [5.41, 5.74) is 1.45. The van der Waals surface area contributed by atoms with Crippen LogP contribution < -0.4 is 4.74 Å². The van der Waals surface area contributed by atoms with Gasteiger partial charge in [-0.2, -0.15) is 0 Å². The molecule has 2 rings (SSSR count). The lowest BCUT2D eigenvalue weighted by Gasteiger charge is -2.14. The molecule has 0 heterocycles. The van der Waals surface area contributed by atoms with Gasteiger partial charge in [-0.3, -0.25) is 4.79 Å². The molecule has 84 valence electrons. The summed E-state index contributed by atoms with van der Waals surface area (Å²) in [6.45, 7) is 0. The monoisotopic (exact) mass is 220 g/mol. The van der Waals surface area contributed by atoms with E-state index in [1.807, 2.05) is 6.08 Å². The smallest absolute Gasteiger partial charge is 0.172 e. The van der Waals surface area contributed by atoms with Crippen molar-refractivity contribution in [2.24, 2.45) is 0 Å². The van der Waals surface area contributed by atoms with E-state index in [0.717, 1.165) is 5.57 Å². The zero-order chi connectivity index (χ0) is 11.5. The Balaban J connectivity index is 2.37. The Labute approximate surface area is 93.7 Å². The molecule has 0 fully saturated rings. The highest BCUT2D eigenvalue weighted by atomic mass is 19.1. The average Bonchev–Trinajstić information content (AvgIpc) is 2.31. The Hall–Kier alpha value is -1.64. The van der Waals surface area contributed by atoms with E-state index in [1.165, 1.54) is 7.11 Å². The van der Waals surface area contributed by atoms with Crippen LogP contribution in [0.2, 0.25) is 0 Å². The summed E-state index contributed by atoms with van der Waals surface area (Å²) in [4.78, 5) is 11.1. The van der Waals surface area contributed by atoms with Crippen LogP contribution in [0.3, 0.4) is 0 Å². The van der Waals surface area contributed by atoms with Gasteiger partial charge in [0.25, 0.3) is 0 Å². The van der Waals surface area contributed by atoms with Gasteiger partial charge in [0.1, 0.15) is 5.78 Å². The lowest BCUT2D eigenvalue weighted by Crippen LogP contribution is -2.04. The molecule has 1 aromatic rings. The van der Waals surface area contributed by atoms with Crippen molar-refractivity contribution in [1.29, 1.82) is 0 Å². The number of ether oxygens (including phenoxy) is 1. The molecule has 1 aliphatic rings. The van der Waals surface area contributed by atoms with E-state index < -0.39 is 0 Å². The fourth-order valence-electron chi connectivity index (χ4n) is 1.88. The van der Waals surface area contributed by atoms with Crippen LogP contribution in [0.15, 0.2) is 24.3 Å². The fraction of sp³-hybridized carbons (Fsp3) is 0.308. The zero-order valence-corrected chi connectivity index (χ0v) is 9.13. The van der Waals surface area contributed by atoms with E-state index in [4.69, 9.17) is 4.74 Å². The highest BCUT2D eigenvalue weighted by Gasteiger charge is 2.16. The van der Waals surface area contributed by atoms with E-state index in [-0.39, 0.29) is 17.3 Å². The van der Waals surface area contributed by atoms with E-state index in [9.17, 15) is 9.18 Å². The van der Waals surface area contributed by atoms with Gasteiger partial charge in [-0.25, -0.2) is 4.39 Å². The summed E-state index contributed by atoms with van der Waals surface area (Å²) < 4.78 is 18.8. The van der Waals surface area contributed by atoms with Crippen molar-refractivity contribution in [3.8, 4) is 5.75 Å². The lowest BCUT2D eigenvalue weighted by atomic mass is 9.92. The Morgan fingerprint density at radius 1 is 1.31 bits per heavy atom. The predicted molar refractivity (Wildman–Crippen MR) is 59.8 cm³/mol. The van der Waals surface area contributed by atoms with E-state index >= 15 is 0 Å². The van der Waals surface area contributed by atoms with Crippen LogP contribution in [-0.4, -0.2) is 12.9 Å². The standard InChI is InChI=1S/C13H13FO2/c1-16-12-4-2-3-11(13(12)14)9-5-7-10(15)8-6-9/h2-5H,6-8H2,1H3. The molecule has 0 N–H and O–H groups in total. The molecule has 16 heavy (non-hydrogen) atoms. The third-order valence-electron chi connectivity index (χ3n) is 2.78. The van der Waals surface area contributed by atoms with E-state index in [1.54, 1.807) is 18.2 Å². The van der Waals surface area contributed by atoms with E-state index in [2.05, 4.69) is 0 Å². The normalized spacial score (nSPS) is 15.9. The van der Waals surface area contributed by atoms with Crippen molar-refractivity contribution in [3.63, 3.8) is 0 Å². The largest absolute Gasteiger partial charge is 0.494 e. The van der Waals surface area contributed by atoms with Gasteiger partial charge in [0, 0.05) is 18.4 Å². The third kappa shape index (κ3) is 1.98. The minimum atomic E-state index is -0.342. The van der Waals surface area contributed by atoms with Crippen LogP contribution >= 0.6 is 0 Å². The second kappa shape index (κ2) is 4.47. The Kier molecular flexibility index (Phi) is 3.04. The average molecular weight is 220 g/mol. The van der Waals surface area contributed by atoms with Crippen molar-refractivity contribution >= 4 is 11.4 Å². The van der Waals surface area contributed by atoms with Gasteiger partial charge in [0.2, 0.25) is 0 Å². The van der Waals surface area contributed by atoms with Crippen LogP contribution in [0.5, 0.6) is 5.75 Å². The molecule has 0 amide bonds. The molecule has 0 aromatic heterocycles. The van der Waals surface area contributed by atoms with Crippen molar-refractivity contribution in [2.75, 3.05) is 7.11 Å². The number of allylic oxidation sites excluding steroid dienone is 2. The summed E-state index contributed by atoms with van der Waals surface area (Å²) in [5.74, 6) is 0.118. The Morgan fingerprint density at radius 3 is 2.75 bits per heavy atom. The van der Waals surface area contributed by atoms with Gasteiger partial charge in [-0.15, -0.1) is 0 Å². The quantitative estimate of drug-likeness (QED) is 0.765. The zero-order valence-electron chi connectivity index (χ0n) is 9.13. The number of ketones is 1. The molecule has 3 heteroatoms. The maximum atomic E-state index is 13.9. The predicted octanol–water partition coefficient (Wildman–Crippen LogP) is 2.97. The van der Waals surface area contributed by atoms with Crippen LogP contribution in [0, 0.1) is 5.82 Å². The molecule has 0 saturated carbocycles. The summed E-state index contributed by atoms with van der Waals surface area (Å²) in [6, 6.07) is 5.07. The first-order valence-electron chi connectivity index (χ1n) is 5.26. The number of rotatable bonds is 2. The van der Waals surface area contributed by atoms with Crippen LogP contribution in [0.4, 0.5) is 4.39 Å². The van der Waals surface area contributed by atoms with E-state index in [0.29, 0.717) is 24.8 Å². The topological polar surface area (TPSA) is 26.3 Å². The van der Waals surface area contributed by atoms with Gasteiger partial charge in [-0.1, -0.05) is 18.2 Å². The van der Waals surface area contributed by atoms with Gasteiger partial charge in [0.05, 0.1) is 7.11 Å². The first-order chi connectivity index (χ1) is 7.72. The first-order valence-corrected chi connectivity index (χ1v) is 5.26. The first kappa shape index (κ1) is 10.9. The number of halogens is 1. The highest BCUT2D eigenvalue weighted by molar-refractivity contribution is 5.87. The number of carbonyl (C=O) groups is 1. The molecule has 0 spiro atoms. The summed E-state index contributed by atoms with van der Waals surface area (Å²) >= 11 is 0. The molecule has 0 unspecified atom stereocenters. The molecule has 1 aromatic carbocycles. The molecule has 1 aliphatic carbocycles. The van der Waals surface area contributed by atoms with Crippen LogP contribution in [0.1, 0.15) is 24.8 Å². The third-order valence-corrected chi connectivity index (χ3v) is 2.78. The summed E-state index contributed by atoms with van der Waals surface area (Å²) in [6.07, 6.45) is 3.33. The van der Waals surface area contributed by atoms with Gasteiger partial charge in [0.15, 0.2) is 11.6 Å². The van der Waals surface area contributed by atoms with Gasteiger partial charge >= 0.3 is 0 Å². The Bertz CT molecular complexity index is 449. The Morgan fingerprint density at radius 2 is 2.12 bits per heavy atom. The van der Waals surface area contributed by atoms with Crippen molar-refractivity contribution in [2.45, 2.75) is 19.3 Å². The molecular weight excluding hydrogens is 207 g/mol. The van der Waals surface area contributed by atoms with Crippen LogP contribution in [-0.2, 0) is 4.79 Å². The summed E-state index contributed by atoms with van der Waals surface area (Å²) in [7, 11) is 1.45. The highest BCUT2D eigenvalue weighted by Crippen LogP contribution is 2.30. The second-order valence-corrected chi connectivity index (χ2v) is 3.79. The van der Waals surface area contributed by atoms with Crippen molar-refractivity contribution < 1.29 is 13.9 Å².